The smallest absolute Gasteiger partial charge is 0.0701 e. The third kappa shape index (κ3) is 8.89. The molecule has 4 rings (SSSR count). The van der Waals surface area contributed by atoms with Gasteiger partial charge in [-0.2, -0.15) is 0 Å². The van der Waals surface area contributed by atoms with E-state index in [0.29, 0.717) is 0 Å². The molecule has 0 aliphatic heterocycles. The van der Waals surface area contributed by atoms with E-state index in [9.17, 15) is 0 Å². The molecule has 2 unspecified atom stereocenters. The summed E-state index contributed by atoms with van der Waals surface area (Å²) in [6.07, 6.45) is 4.80. The van der Waals surface area contributed by atoms with E-state index in [-0.39, 0.29) is 0 Å². The monoisotopic (exact) mass is 479 g/mol. The SMILES string of the molecule is CC1=Cc2ccccc2[CH]1[Sc+2][CH]1C(C)=Cc2ccccc21.C[Si](C)(C)[NH-].C[Si](C)(C)[NH-]. The van der Waals surface area contributed by atoms with E-state index >= 15 is 0 Å². The molecule has 2 aliphatic rings. The predicted molar refractivity (Wildman–Crippen MR) is 141 cm³/mol. The molecule has 0 amide bonds. The molecule has 0 bridgehead atoms. The summed E-state index contributed by atoms with van der Waals surface area (Å²) in [6, 6.07) is 17.9. The van der Waals surface area contributed by atoms with Gasteiger partial charge in [0.25, 0.3) is 0 Å². The van der Waals surface area contributed by atoms with E-state index < -0.39 is 39.4 Å². The van der Waals surface area contributed by atoms with Crippen molar-refractivity contribution in [3.8, 4) is 0 Å². The van der Waals surface area contributed by atoms with Gasteiger partial charge in [-0.3, -0.25) is 0 Å². The minimum Gasteiger partial charge on any atom is -0.680 e. The molecular formula is C26H38N2ScSi2. The van der Waals surface area contributed by atoms with E-state index in [1.807, 2.05) is 39.3 Å². The number of benzene rings is 2. The summed E-state index contributed by atoms with van der Waals surface area (Å²) in [5.74, 6) is 0. The molecule has 0 heterocycles. The second-order valence-electron chi connectivity index (χ2n) is 10.7. The van der Waals surface area contributed by atoms with Gasteiger partial charge in [-0.05, 0) is 0 Å². The van der Waals surface area contributed by atoms with Crippen LogP contribution in [0.2, 0.25) is 39.3 Å². The molecule has 2 aromatic carbocycles. The zero-order valence-electron chi connectivity index (χ0n) is 20.5. The van der Waals surface area contributed by atoms with E-state index in [4.69, 9.17) is 10.8 Å². The molecule has 0 radical (unpaired) electrons. The molecule has 2 atom stereocenters. The molecular weight excluding hydrogens is 441 g/mol. The van der Waals surface area contributed by atoms with Crippen LogP contribution in [0.15, 0.2) is 59.7 Å². The van der Waals surface area contributed by atoms with Crippen molar-refractivity contribution in [2.45, 2.75) is 60.5 Å². The molecule has 2 nitrogen and oxygen atoms in total. The Labute approximate surface area is 203 Å². The number of rotatable bonds is 2. The summed E-state index contributed by atoms with van der Waals surface area (Å²) in [5, 5.41) is 14.2. The van der Waals surface area contributed by atoms with Gasteiger partial charge >= 0.3 is 138 Å². The molecule has 2 N–H and O–H groups in total. The van der Waals surface area contributed by atoms with Gasteiger partial charge in [-0.1, -0.05) is 55.8 Å². The first kappa shape index (κ1) is 26.4. The average molecular weight is 480 g/mol. The van der Waals surface area contributed by atoms with Gasteiger partial charge in [0, 0.05) is 0 Å². The number of fused-ring (bicyclic) bond motifs is 2. The molecule has 0 spiro atoms. The largest absolute Gasteiger partial charge is 0.680 e. The fourth-order valence-corrected chi connectivity index (χ4v) is 7.16. The normalized spacial score (nSPS) is 18.9. The maximum atomic E-state index is 7.08. The second kappa shape index (κ2) is 10.8. The quantitative estimate of drug-likeness (QED) is 0.386. The van der Waals surface area contributed by atoms with Gasteiger partial charge in [0.2, 0.25) is 0 Å². The summed E-state index contributed by atoms with van der Waals surface area (Å²) >= 11 is -0.469. The Balaban J connectivity index is 0.000000289. The average Bonchev–Trinajstić information content (AvgIpc) is 3.09. The van der Waals surface area contributed by atoms with Crippen molar-refractivity contribution < 1.29 is 22.9 Å². The predicted octanol–water partition coefficient (Wildman–Crippen LogP) is 9.13. The molecule has 0 aromatic heterocycles. The fourth-order valence-electron chi connectivity index (χ4n) is 3.72. The summed E-state index contributed by atoms with van der Waals surface area (Å²) < 4.78 is 1.45. The molecule has 0 saturated heterocycles. The van der Waals surface area contributed by atoms with Gasteiger partial charge in [0.05, 0.1) is 0 Å². The number of nitrogens with one attached hydrogen (secondary N) is 2. The van der Waals surface area contributed by atoms with Crippen LogP contribution in [-0.2, 0) is 22.9 Å². The van der Waals surface area contributed by atoms with E-state index in [2.05, 4.69) is 74.5 Å². The Bertz CT molecular complexity index is 863. The minimum absolute atomic E-state index is 0.469. The van der Waals surface area contributed by atoms with E-state index in [1.54, 1.807) is 22.3 Å². The summed E-state index contributed by atoms with van der Waals surface area (Å²) in [4.78, 5) is 0. The summed E-state index contributed by atoms with van der Waals surface area (Å²) in [5.41, 5.74) is 9.20. The van der Waals surface area contributed by atoms with Gasteiger partial charge in [-0.15, -0.1) is 0 Å². The van der Waals surface area contributed by atoms with Crippen molar-refractivity contribution in [2.24, 2.45) is 0 Å². The Morgan fingerprint density at radius 1 is 0.613 bits per heavy atom. The molecule has 0 fully saturated rings. The molecule has 2 aliphatic carbocycles. The standard InChI is InChI=1S/2C10H9.2C3H10NSi.Sc/c2*1-8-6-9-4-2-3-5-10(9)7-8;2*1-5(2,3)4;/h2*2-7H,1H3;2*4H,1-3H3;/q;;2*-1;+2. The number of hydrogen-bond donors (Lipinski definition) is 0. The Hall–Kier alpha value is -0.856. The van der Waals surface area contributed by atoms with Crippen molar-refractivity contribution in [3.63, 3.8) is 0 Å². The number of hydrogen-bond acceptors (Lipinski definition) is 0. The zero-order chi connectivity index (χ0) is 23.4. The van der Waals surface area contributed by atoms with E-state index in [1.165, 1.54) is 11.1 Å². The van der Waals surface area contributed by atoms with E-state index in [0.717, 1.165) is 7.35 Å². The maximum Gasteiger partial charge on any atom is -0.0701 e. The summed E-state index contributed by atoms with van der Waals surface area (Å²) in [7, 11) is -2.72. The summed E-state index contributed by atoms with van der Waals surface area (Å²) in [6.45, 7) is 16.6. The van der Waals surface area contributed by atoms with Gasteiger partial charge in [0.1, 0.15) is 0 Å². The van der Waals surface area contributed by atoms with Crippen LogP contribution in [-0.4, -0.2) is 16.5 Å². The topological polar surface area (TPSA) is 47.6 Å². The van der Waals surface area contributed by atoms with Gasteiger partial charge in [-0.25, -0.2) is 0 Å². The molecule has 2 aromatic rings. The van der Waals surface area contributed by atoms with Crippen LogP contribution in [0.4, 0.5) is 0 Å². The molecule has 163 valence electrons. The molecule has 5 heteroatoms. The van der Waals surface area contributed by atoms with Crippen LogP contribution in [0.5, 0.6) is 0 Å². The first-order valence-electron chi connectivity index (χ1n) is 11.1. The van der Waals surface area contributed by atoms with Crippen molar-refractivity contribution in [1.82, 2.24) is 0 Å². The van der Waals surface area contributed by atoms with Crippen LogP contribution < -0.4 is 0 Å². The van der Waals surface area contributed by atoms with Crippen molar-refractivity contribution >= 4 is 28.6 Å². The van der Waals surface area contributed by atoms with Crippen LogP contribution in [0.25, 0.3) is 23.0 Å². The third-order valence-corrected chi connectivity index (χ3v) is 8.76. The van der Waals surface area contributed by atoms with Crippen molar-refractivity contribution in [1.29, 1.82) is 0 Å². The first-order valence-corrected chi connectivity index (χ1v) is 20.2. The zero-order valence-corrected chi connectivity index (χ0v) is 24.3. The Kier molecular flexibility index (Phi) is 9.23. The van der Waals surface area contributed by atoms with Crippen LogP contribution >= 0.6 is 0 Å². The van der Waals surface area contributed by atoms with Crippen LogP contribution in [0, 0.1) is 0 Å². The third-order valence-electron chi connectivity index (χ3n) is 4.79. The van der Waals surface area contributed by atoms with Crippen molar-refractivity contribution in [2.75, 3.05) is 0 Å². The molecule has 0 saturated carbocycles. The minimum atomic E-state index is -1.36. The fraction of sp³-hybridized carbons (Fsp3) is 0.385. The van der Waals surface area contributed by atoms with Gasteiger partial charge < -0.3 is 10.8 Å². The van der Waals surface area contributed by atoms with Crippen molar-refractivity contribution in [3.05, 3.63) is 92.7 Å². The maximum absolute atomic E-state index is 7.08. The molecule has 31 heavy (non-hydrogen) atoms. The van der Waals surface area contributed by atoms with Crippen LogP contribution in [0.1, 0.15) is 43.5 Å². The first-order chi connectivity index (χ1) is 14.2. The number of allylic oxidation sites excluding steroid dienone is 2. The van der Waals surface area contributed by atoms with Crippen LogP contribution in [0.3, 0.4) is 0 Å². The Morgan fingerprint density at radius 2 is 0.903 bits per heavy atom. The second-order valence-corrected chi connectivity index (χ2v) is 22.4. The van der Waals surface area contributed by atoms with Gasteiger partial charge in [0.15, 0.2) is 0 Å². The Morgan fingerprint density at radius 3 is 1.23 bits per heavy atom.